The Morgan fingerprint density at radius 3 is 2.94 bits per heavy atom. The maximum absolute atomic E-state index is 5.99. The van der Waals surface area contributed by atoms with E-state index in [2.05, 4.69) is 34.8 Å². The standard InChI is InChI=1S/C14H18ClN3/c1-11(2)9-17-14-16-6-7-18(14)10-12-4-3-5-13(15)8-12/h3-8,11H,9-10H2,1-2H3,(H,16,17). The van der Waals surface area contributed by atoms with Gasteiger partial charge in [0.05, 0.1) is 6.54 Å². The van der Waals surface area contributed by atoms with E-state index in [-0.39, 0.29) is 0 Å². The maximum atomic E-state index is 5.99. The van der Waals surface area contributed by atoms with Crippen LogP contribution in [0.25, 0.3) is 0 Å². The minimum atomic E-state index is 0.598. The molecule has 4 heteroatoms. The van der Waals surface area contributed by atoms with E-state index in [4.69, 9.17) is 11.6 Å². The van der Waals surface area contributed by atoms with E-state index in [1.165, 1.54) is 5.56 Å². The zero-order valence-corrected chi connectivity index (χ0v) is 11.5. The number of nitrogens with zero attached hydrogens (tertiary/aromatic N) is 2. The molecule has 0 radical (unpaired) electrons. The highest BCUT2D eigenvalue weighted by Crippen LogP contribution is 2.14. The second-order valence-corrected chi connectivity index (χ2v) is 5.22. The Morgan fingerprint density at radius 1 is 1.39 bits per heavy atom. The molecular weight excluding hydrogens is 246 g/mol. The lowest BCUT2D eigenvalue weighted by atomic mass is 10.2. The van der Waals surface area contributed by atoms with E-state index in [0.717, 1.165) is 24.1 Å². The molecule has 18 heavy (non-hydrogen) atoms. The van der Waals surface area contributed by atoms with Gasteiger partial charge in [0, 0.05) is 24.0 Å². The van der Waals surface area contributed by atoms with Crippen molar-refractivity contribution in [3.8, 4) is 0 Å². The van der Waals surface area contributed by atoms with Crippen molar-refractivity contribution in [3.63, 3.8) is 0 Å². The Balaban J connectivity index is 2.07. The second-order valence-electron chi connectivity index (χ2n) is 4.78. The molecule has 0 saturated carbocycles. The van der Waals surface area contributed by atoms with Crippen LogP contribution in [0.15, 0.2) is 36.7 Å². The van der Waals surface area contributed by atoms with Crippen LogP contribution in [0.5, 0.6) is 0 Å². The molecule has 0 atom stereocenters. The molecule has 1 N–H and O–H groups in total. The van der Waals surface area contributed by atoms with Gasteiger partial charge in [-0.3, -0.25) is 0 Å². The Morgan fingerprint density at radius 2 is 2.22 bits per heavy atom. The summed E-state index contributed by atoms with van der Waals surface area (Å²) in [6.45, 7) is 6.06. The summed E-state index contributed by atoms with van der Waals surface area (Å²) in [5, 5.41) is 4.11. The third kappa shape index (κ3) is 3.50. The van der Waals surface area contributed by atoms with Crippen molar-refractivity contribution in [1.29, 1.82) is 0 Å². The summed E-state index contributed by atoms with van der Waals surface area (Å²) in [4.78, 5) is 4.33. The normalized spacial score (nSPS) is 10.9. The van der Waals surface area contributed by atoms with Crippen molar-refractivity contribution >= 4 is 17.5 Å². The van der Waals surface area contributed by atoms with Gasteiger partial charge in [-0.2, -0.15) is 0 Å². The molecular formula is C14H18ClN3. The topological polar surface area (TPSA) is 29.9 Å². The van der Waals surface area contributed by atoms with Gasteiger partial charge in [0.15, 0.2) is 0 Å². The lowest BCUT2D eigenvalue weighted by Gasteiger charge is -2.11. The van der Waals surface area contributed by atoms with Gasteiger partial charge < -0.3 is 9.88 Å². The summed E-state index contributed by atoms with van der Waals surface area (Å²) in [7, 11) is 0. The fourth-order valence-corrected chi connectivity index (χ4v) is 1.94. The van der Waals surface area contributed by atoms with Gasteiger partial charge in [-0.15, -0.1) is 0 Å². The van der Waals surface area contributed by atoms with Crippen LogP contribution in [-0.4, -0.2) is 16.1 Å². The Bertz CT molecular complexity index is 505. The van der Waals surface area contributed by atoms with Gasteiger partial charge in [0.2, 0.25) is 5.95 Å². The first kappa shape index (κ1) is 13.0. The largest absolute Gasteiger partial charge is 0.355 e. The van der Waals surface area contributed by atoms with Gasteiger partial charge in [-0.25, -0.2) is 4.98 Å². The zero-order valence-electron chi connectivity index (χ0n) is 10.7. The molecule has 0 aliphatic rings. The van der Waals surface area contributed by atoms with Crippen molar-refractivity contribution in [3.05, 3.63) is 47.2 Å². The Hall–Kier alpha value is -1.48. The van der Waals surface area contributed by atoms with Crippen molar-refractivity contribution in [1.82, 2.24) is 9.55 Å². The minimum absolute atomic E-state index is 0.598. The first-order valence-electron chi connectivity index (χ1n) is 6.14. The highest BCUT2D eigenvalue weighted by molar-refractivity contribution is 6.30. The van der Waals surface area contributed by atoms with Crippen LogP contribution in [0.4, 0.5) is 5.95 Å². The molecule has 2 aromatic rings. The summed E-state index contributed by atoms with van der Waals surface area (Å²) in [5.41, 5.74) is 1.17. The molecule has 0 aliphatic heterocycles. The zero-order chi connectivity index (χ0) is 13.0. The molecule has 0 saturated heterocycles. The van der Waals surface area contributed by atoms with Crippen LogP contribution < -0.4 is 5.32 Å². The molecule has 1 aromatic heterocycles. The number of hydrogen-bond donors (Lipinski definition) is 1. The van der Waals surface area contributed by atoms with Gasteiger partial charge >= 0.3 is 0 Å². The number of benzene rings is 1. The van der Waals surface area contributed by atoms with Crippen LogP contribution in [0.2, 0.25) is 5.02 Å². The third-order valence-electron chi connectivity index (χ3n) is 2.63. The van der Waals surface area contributed by atoms with Gasteiger partial charge in [0.25, 0.3) is 0 Å². The summed E-state index contributed by atoms with van der Waals surface area (Å²) >= 11 is 5.99. The highest BCUT2D eigenvalue weighted by atomic mass is 35.5. The number of hydrogen-bond acceptors (Lipinski definition) is 2. The monoisotopic (exact) mass is 263 g/mol. The van der Waals surface area contributed by atoms with E-state index in [0.29, 0.717) is 5.92 Å². The SMILES string of the molecule is CC(C)CNc1nccn1Cc1cccc(Cl)c1. The second kappa shape index (κ2) is 5.91. The Kier molecular flexibility index (Phi) is 4.26. The fourth-order valence-electron chi connectivity index (χ4n) is 1.73. The molecule has 0 bridgehead atoms. The van der Waals surface area contributed by atoms with Crippen LogP contribution >= 0.6 is 11.6 Å². The lowest BCUT2D eigenvalue weighted by Crippen LogP contribution is -2.13. The molecule has 0 unspecified atom stereocenters. The predicted octanol–water partition coefficient (Wildman–Crippen LogP) is 3.65. The van der Waals surface area contributed by atoms with Crippen molar-refractivity contribution in [2.45, 2.75) is 20.4 Å². The van der Waals surface area contributed by atoms with E-state index in [1.807, 2.05) is 30.6 Å². The first-order valence-corrected chi connectivity index (χ1v) is 6.52. The fraction of sp³-hybridized carbons (Fsp3) is 0.357. The minimum Gasteiger partial charge on any atom is -0.355 e. The van der Waals surface area contributed by atoms with Crippen molar-refractivity contribution < 1.29 is 0 Å². The molecule has 0 fully saturated rings. The summed E-state index contributed by atoms with van der Waals surface area (Å²) < 4.78 is 2.09. The molecule has 2 rings (SSSR count). The van der Waals surface area contributed by atoms with E-state index in [9.17, 15) is 0 Å². The summed E-state index contributed by atoms with van der Waals surface area (Å²) in [5.74, 6) is 1.50. The Labute approximate surface area is 113 Å². The maximum Gasteiger partial charge on any atom is 0.203 e. The van der Waals surface area contributed by atoms with Crippen LogP contribution in [-0.2, 0) is 6.54 Å². The smallest absolute Gasteiger partial charge is 0.203 e. The average molecular weight is 264 g/mol. The van der Waals surface area contributed by atoms with Gasteiger partial charge in [-0.05, 0) is 23.6 Å². The van der Waals surface area contributed by atoms with Crippen LogP contribution in [0.3, 0.4) is 0 Å². The molecule has 1 heterocycles. The predicted molar refractivity (Wildman–Crippen MR) is 76.1 cm³/mol. The molecule has 0 amide bonds. The number of imidazole rings is 1. The molecule has 96 valence electrons. The quantitative estimate of drug-likeness (QED) is 0.892. The van der Waals surface area contributed by atoms with Crippen molar-refractivity contribution in [2.75, 3.05) is 11.9 Å². The number of rotatable bonds is 5. The molecule has 3 nitrogen and oxygen atoms in total. The van der Waals surface area contributed by atoms with E-state index >= 15 is 0 Å². The van der Waals surface area contributed by atoms with Gasteiger partial charge in [0.1, 0.15) is 0 Å². The van der Waals surface area contributed by atoms with Crippen molar-refractivity contribution in [2.24, 2.45) is 5.92 Å². The van der Waals surface area contributed by atoms with E-state index < -0.39 is 0 Å². The lowest BCUT2D eigenvalue weighted by molar-refractivity contribution is 0.676. The summed E-state index contributed by atoms with van der Waals surface area (Å²) in [6, 6.07) is 7.90. The van der Waals surface area contributed by atoms with Crippen LogP contribution in [0.1, 0.15) is 19.4 Å². The number of aromatic nitrogens is 2. The average Bonchev–Trinajstić information content (AvgIpc) is 2.74. The molecule has 0 spiro atoms. The van der Waals surface area contributed by atoms with Crippen LogP contribution in [0, 0.1) is 5.92 Å². The molecule has 1 aromatic carbocycles. The molecule has 0 aliphatic carbocycles. The first-order chi connectivity index (χ1) is 8.65. The number of nitrogens with one attached hydrogen (secondary N) is 1. The number of anilines is 1. The highest BCUT2D eigenvalue weighted by Gasteiger charge is 2.04. The van der Waals surface area contributed by atoms with E-state index in [1.54, 1.807) is 0 Å². The van der Waals surface area contributed by atoms with Gasteiger partial charge in [-0.1, -0.05) is 37.6 Å². The summed E-state index contributed by atoms with van der Waals surface area (Å²) in [6.07, 6.45) is 3.79. The third-order valence-corrected chi connectivity index (χ3v) is 2.86. The number of halogens is 1.